The third-order valence-electron chi connectivity index (χ3n) is 4.38. The zero-order chi connectivity index (χ0) is 16.4. The second-order valence-corrected chi connectivity index (χ2v) is 5.96. The predicted octanol–water partition coefficient (Wildman–Crippen LogP) is 2.45. The molecule has 1 atom stereocenters. The largest absolute Gasteiger partial charge is 0.442 e. The van der Waals surface area contributed by atoms with Crippen molar-refractivity contribution in [3.05, 3.63) is 41.2 Å². The van der Waals surface area contributed by atoms with Crippen molar-refractivity contribution in [1.82, 2.24) is 5.32 Å². The van der Waals surface area contributed by atoms with Gasteiger partial charge in [-0.3, -0.25) is 9.69 Å². The van der Waals surface area contributed by atoms with E-state index < -0.39 is 6.09 Å². The van der Waals surface area contributed by atoms with Crippen LogP contribution in [0.25, 0.3) is 4.85 Å². The van der Waals surface area contributed by atoms with Crippen molar-refractivity contribution in [2.75, 3.05) is 18.0 Å². The first-order chi connectivity index (χ1) is 11.1. The highest BCUT2D eigenvalue weighted by atomic mass is 16.6. The molecule has 2 fully saturated rings. The summed E-state index contributed by atoms with van der Waals surface area (Å²) in [6.07, 6.45) is 1.48. The van der Waals surface area contributed by atoms with Crippen molar-refractivity contribution in [2.24, 2.45) is 0 Å². The zero-order valence-electron chi connectivity index (χ0n) is 13.0. The fraction of sp³-hybridized carbons (Fsp3) is 0.471. The first-order valence-electron chi connectivity index (χ1n) is 7.82. The molecule has 1 aliphatic heterocycles. The molecule has 1 aromatic carbocycles. The highest BCUT2D eigenvalue weighted by Crippen LogP contribution is 2.49. The lowest BCUT2D eigenvalue weighted by Crippen LogP contribution is -2.34. The van der Waals surface area contributed by atoms with Crippen LogP contribution in [-0.4, -0.2) is 31.2 Å². The summed E-state index contributed by atoms with van der Waals surface area (Å²) < 4.78 is 5.28. The second kappa shape index (κ2) is 5.92. The van der Waals surface area contributed by atoms with Crippen LogP contribution in [0, 0.1) is 6.57 Å². The van der Waals surface area contributed by atoms with Gasteiger partial charge in [0, 0.05) is 30.5 Å². The fourth-order valence-corrected chi connectivity index (χ4v) is 2.73. The number of carbonyl (C=O) groups is 2. The van der Waals surface area contributed by atoms with E-state index >= 15 is 0 Å². The number of ether oxygens (including phenoxy) is 1. The minimum absolute atomic E-state index is 0.0577. The van der Waals surface area contributed by atoms with Crippen LogP contribution in [0.15, 0.2) is 24.3 Å². The molecule has 2 aliphatic rings. The minimum Gasteiger partial charge on any atom is -0.442 e. The average molecular weight is 313 g/mol. The maximum absolute atomic E-state index is 12.0. The molecular formula is C17H19N3O3. The molecule has 6 heteroatoms. The van der Waals surface area contributed by atoms with E-state index in [0.29, 0.717) is 19.5 Å². The Morgan fingerprint density at radius 3 is 2.70 bits per heavy atom. The van der Waals surface area contributed by atoms with Gasteiger partial charge in [-0.25, -0.2) is 11.4 Å². The number of nitrogens with one attached hydrogen (secondary N) is 1. The normalized spacial score (nSPS) is 21.5. The highest BCUT2D eigenvalue weighted by Gasteiger charge is 2.52. The number of cyclic esters (lactones) is 1. The molecule has 1 saturated heterocycles. The average Bonchev–Trinajstić information content (AvgIpc) is 3.30. The molecule has 0 bridgehead atoms. The number of nitrogens with zero attached hydrogens (tertiary/aromatic N) is 2. The van der Waals surface area contributed by atoms with E-state index in [0.717, 1.165) is 24.1 Å². The van der Waals surface area contributed by atoms with Crippen LogP contribution < -0.4 is 10.2 Å². The Morgan fingerprint density at radius 2 is 2.13 bits per heavy atom. The van der Waals surface area contributed by atoms with E-state index in [4.69, 9.17) is 11.3 Å². The van der Waals surface area contributed by atoms with Crippen molar-refractivity contribution < 1.29 is 14.3 Å². The maximum Gasteiger partial charge on any atom is 0.414 e. The lowest BCUT2D eigenvalue weighted by Gasteiger charge is -2.14. The van der Waals surface area contributed by atoms with Gasteiger partial charge >= 0.3 is 6.09 Å². The molecule has 3 rings (SSSR count). The Labute approximate surface area is 135 Å². The molecule has 120 valence electrons. The summed E-state index contributed by atoms with van der Waals surface area (Å²) in [6, 6.07) is 7.55. The summed E-state index contributed by atoms with van der Waals surface area (Å²) in [5.74, 6) is -0.0577. The number of rotatable bonds is 5. The monoisotopic (exact) mass is 313 g/mol. The zero-order valence-corrected chi connectivity index (χ0v) is 13.0. The van der Waals surface area contributed by atoms with Crippen LogP contribution >= 0.6 is 0 Å². The SMILES string of the molecule is [C-]#[N+]C1(c2ccc(N3C[C@H](CNC(=O)CC)OC3=O)cc2)CC1. The van der Waals surface area contributed by atoms with Crippen molar-refractivity contribution in [2.45, 2.75) is 37.8 Å². The summed E-state index contributed by atoms with van der Waals surface area (Å²) in [7, 11) is 0. The second-order valence-electron chi connectivity index (χ2n) is 5.96. The van der Waals surface area contributed by atoms with E-state index in [1.54, 1.807) is 11.8 Å². The Morgan fingerprint density at radius 1 is 1.43 bits per heavy atom. The molecule has 6 nitrogen and oxygen atoms in total. The van der Waals surface area contributed by atoms with Gasteiger partial charge in [0.2, 0.25) is 5.91 Å². The third-order valence-corrected chi connectivity index (χ3v) is 4.38. The van der Waals surface area contributed by atoms with Crippen LogP contribution in [0.2, 0.25) is 0 Å². The van der Waals surface area contributed by atoms with Crippen LogP contribution in [0.3, 0.4) is 0 Å². The molecule has 0 spiro atoms. The van der Waals surface area contributed by atoms with Gasteiger partial charge in [-0.05, 0) is 24.3 Å². The van der Waals surface area contributed by atoms with Gasteiger partial charge in [-0.15, -0.1) is 0 Å². The van der Waals surface area contributed by atoms with E-state index in [9.17, 15) is 9.59 Å². The molecule has 1 N–H and O–H groups in total. The molecule has 23 heavy (non-hydrogen) atoms. The van der Waals surface area contributed by atoms with Gasteiger partial charge < -0.3 is 14.9 Å². The van der Waals surface area contributed by atoms with Gasteiger partial charge in [0.25, 0.3) is 5.54 Å². The summed E-state index contributed by atoms with van der Waals surface area (Å²) in [5, 5.41) is 2.74. The Balaban J connectivity index is 1.64. The lowest BCUT2D eigenvalue weighted by atomic mass is 10.1. The van der Waals surface area contributed by atoms with E-state index in [1.165, 1.54) is 0 Å². The van der Waals surface area contributed by atoms with E-state index in [-0.39, 0.29) is 17.6 Å². The summed E-state index contributed by atoms with van der Waals surface area (Å²) in [4.78, 5) is 28.5. The molecule has 0 aromatic heterocycles. The van der Waals surface area contributed by atoms with Gasteiger partial charge in [-0.1, -0.05) is 6.92 Å². The first-order valence-corrected chi connectivity index (χ1v) is 7.82. The van der Waals surface area contributed by atoms with Gasteiger partial charge in [0.05, 0.1) is 13.1 Å². The fourth-order valence-electron chi connectivity index (χ4n) is 2.73. The van der Waals surface area contributed by atoms with Crippen molar-refractivity contribution in [3.63, 3.8) is 0 Å². The summed E-state index contributed by atoms with van der Waals surface area (Å²) in [6.45, 7) is 9.80. The van der Waals surface area contributed by atoms with Gasteiger partial charge in [0.15, 0.2) is 0 Å². The van der Waals surface area contributed by atoms with Crippen LogP contribution in [0.1, 0.15) is 31.7 Å². The quantitative estimate of drug-likeness (QED) is 0.849. The topological polar surface area (TPSA) is 63.0 Å². The third kappa shape index (κ3) is 3.00. The molecular weight excluding hydrogens is 294 g/mol. The number of anilines is 1. The molecule has 1 heterocycles. The van der Waals surface area contributed by atoms with Crippen molar-refractivity contribution in [1.29, 1.82) is 0 Å². The smallest absolute Gasteiger partial charge is 0.414 e. The molecule has 1 aliphatic carbocycles. The minimum atomic E-state index is -0.403. The predicted molar refractivity (Wildman–Crippen MR) is 84.9 cm³/mol. The maximum atomic E-state index is 12.0. The summed E-state index contributed by atoms with van der Waals surface area (Å²) in [5.41, 5.74) is 1.43. The number of benzene rings is 1. The number of hydrogen-bond donors (Lipinski definition) is 1. The standard InChI is InChI=1S/C17H19N3O3/c1-3-15(21)19-10-14-11-20(16(22)23-14)13-6-4-12(5-7-13)17(18-2)8-9-17/h4-7,14H,3,8-11H2,1H3,(H,19,21)/t14-/m0/s1. The first kappa shape index (κ1) is 15.3. The molecule has 0 radical (unpaired) electrons. The van der Waals surface area contributed by atoms with Crippen LogP contribution in [0.4, 0.5) is 10.5 Å². The molecule has 0 unspecified atom stereocenters. The van der Waals surface area contributed by atoms with Crippen molar-refractivity contribution in [3.8, 4) is 0 Å². The number of hydrogen-bond acceptors (Lipinski definition) is 3. The van der Waals surface area contributed by atoms with Gasteiger partial charge in [0.1, 0.15) is 6.10 Å². The van der Waals surface area contributed by atoms with E-state index in [1.807, 2.05) is 24.3 Å². The van der Waals surface area contributed by atoms with Crippen LogP contribution in [0.5, 0.6) is 0 Å². The molecule has 2 amide bonds. The van der Waals surface area contributed by atoms with Gasteiger partial charge in [-0.2, -0.15) is 0 Å². The molecule has 1 aromatic rings. The Hall–Kier alpha value is -2.55. The lowest BCUT2D eigenvalue weighted by molar-refractivity contribution is -0.121. The Bertz CT molecular complexity index is 659. The number of carbonyl (C=O) groups excluding carboxylic acids is 2. The summed E-state index contributed by atoms with van der Waals surface area (Å²) >= 11 is 0. The highest BCUT2D eigenvalue weighted by molar-refractivity contribution is 5.89. The van der Waals surface area contributed by atoms with Crippen LogP contribution in [-0.2, 0) is 15.1 Å². The molecule has 1 saturated carbocycles. The van der Waals surface area contributed by atoms with Crippen molar-refractivity contribution >= 4 is 17.7 Å². The number of amides is 2. The Kier molecular flexibility index (Phi) is 3.95. The van der Waals surface area contributed by atoms with E-state index in [2.05, 4.69) is 10.2 Å².